The van der Waals surface area contributed by atoms with Crippen molar-refractivity contribution in [1.82, 2.24) is 4.90 Å². The molecule has 2 heterocycles. The first-order valence-corrected chi connectivity index (χ1v) is 5.56. The van der Waals surface area contributed by atoms with Gasteiger partial charge in [-0.25, -0.2) is 0 Å². The summed E-state index contributed by atoms with van der Waals surface area (Å²) in [6.07, 6.45) is 4.04. The predicted molar refractivity (Wildman–Crippen MR) is 60.8 cm³/mol. The van der Waals surface area contributed by atoms with Gasteiger partial charge in [0.25, 0.3) is 5.91 Å². The van der Waals surface area contributed by atoms with Crippen LogP contribution in [-0.2, 0) is 0 Å². The van der Waals surface area contributed by atoms with Crippen molar-refractivity contribution in [1.29, 1.82) is 0 Å². The van der Waals surface area contributed by atoms with Crippen LogP contribution in [0.2, 0.25) is 0 Å². The normalized spacial score (nSPS) is 21.5. The summed E-state index contributed by atoms with van der Waals surface area (Å²) in [6.45, 7) is 0.598. The Kier molecular flexibility index (Phi) is 3.32. The smallest absolute Gasteiger partial charge is 0.290 e. The van der Waals surface area contributed by atoms with Crippen LogP contribution < -0.4 is 5.73 Å². The number of nitrogens with two attached hydrogens (primary N) is 1. The summed E-state index contributed by atoms with van der Waals surface area (Å²) in [5.74, 6) is 0.138. The number of furan rings is 1. The van der Waals surface area contributed by atoms with Crippen LogP contribution in [0.15, 0.2) is 28.0 Å². The summed E-state index contributed by atoms with van der Waals surface area (Å²) >= 11 is 0. The molecule has 0 radical (unpaired) electrons. The van der Waals surface area contributed by atoms with Crippen molar-refractivity contribution >= 4 is 11.7 Å². The maximum absolute atomic E-state index is 12.1. The quantitative estimate of drug-likeness (QED) is 0.347. The number of carbonyl (C=O) groups excluding carboxylic acids is 1. The highest BCUT2D eigenvalue weighted by molar-refractivity contribution is 5.96. The Morgan fingerprint density at radius 3 is 3.06 bits per heavy atom. The fourth-order valence-corrected chi connectivity index (χ4v) is 2.09. The summed E-state index contributed by atoms with van der Waals surface area (Å²) in [6, 6.07) is 2.93. The molecule has 1 saturated heterocycles. The number of nitrogens with zero attached hydrogens (tertiary/aromatic N) is 2. The highest BCUT2D eigenvalue weighted by atomic mass is 16.4. The van der Waals surface area contributed by atoms with Crippen LogP contribution in [0.25, 0.3) is 0 Å². The SMILES string of the molecule is NC(=NO)C1CCCCN1C(=O)c1ccco1. The molecular weight excluding hydrogens is 222 g/mol. The molecule has 3 N–H and O–H groups in total. The van der Waals surface area contributed by atoms with E-state index in [2.05, 4.69) is 5.16 Å². The zero-order valence-corrected chi connectivity index (χ0v) is 9.37. The fourth-order valence-electron chi connectivity index (χ4n) is 2.09. The molecule has 0 bridgehead atoms. The molecule has 1 atom stereocenters. The Balaban J connectivity index is 2.19. The number of hydrogen-bond donors (Lipinski definition) is 2. The molecule has 1 aliphatic rings. The van der Waals surface area contributed by atoms with Crippen molar-refractivity contribution in [3.8, 4) is 0 Å². The van der Waals surface area contributed by atoms with Gasteiger partial charge in [-0.2, -0.15) is 0 Å². The second-order valence-corrected chi connectivity index (χ2v) is 4.01. The third kappa shape index (κ3) is 2.25. The fraction of sp³-hybridized carbons (Fsp3) is 0.455. The average Bonchev–Trinajstić information content (AvgIpc) is 2.91. The van der Waals surface area contributed by atoms with Gasteiger partial charge in [-0.3, -0.25) is 4.79 Å². The van der Waals surface area contributed by atoms with E-state index in [0.717, 1.165) is 12.8 Å². The number of hydrogen-bond acceptors (Lipinski definition) is 4. The molecule has 6 heteroatoms. The summed E-state index contributed by atoms with van der Waals surface area (Å²) in [4.78, 5) is 13.7. The van der Waals surface area contributed by atoms with E-state index in [-0.39, 0.29) is 23.5 Å². The number of piperidine rings is 1. The molecule has 0 spiro atoms. The molecule has 1 unspecified atom stereocenters. The number of likely N-dealkylation sites (tertiary alicyclic amines) is 1. The monoisotopic (exact) mass is 237 g/mol. The molecule has 0 saturated carbocycles. The van der Waals surface area contributed by atoms with Crippen molar-refractivity contribution in [2.75, 3.05) is 6.54 Å². The third-order valence-electron chi connectivity index (χ3n) is 2.95. The number of amides is 1. The maximum Gasteiger partial charge on any atom is 0.290 e. The summed E-state index contributed by atoms with van der Waals surface area (Å²) in [5.41, 5.74) is 5.60. The van der Waals surface area contributed by atoms with E-state index < -0.39 is 0 Å². The molecule has 92 valence electrons. The van der Waals surface area contributed by atoms with Gasteiger partial charge in [-0.15, -0.1) is 0 Å². The topological polar surface area (TPSA) is 92.1 Å². The van der Waals surface area contributed by atoms with Gasteiger partial charge < -0.3 is 20.3 Å². The van der Waals surface area contributed by atoms with Crippen LogP contribution in [-0.4, -0.2) is 34.4 Å². The van der Waals surface area contributed by atoms with Crippen LogP contribution >= 0.6 is 0 Å². The number of carbonyl (C=O) groups is 1. The van der Waals surface area contributed by atoms with Gasteiger partial charge in [0, 0.05) is 6.54 Å². The molecule has 2 rings (SSSR count). The standard InChI is InChI=1S/C11H15N3O3/c12-10(13-16)8-4-1-2-6-14(8)11(15)9-5-3-7-17-9/h3,5,7-8,16H,1-2,4,6H2,(H2,12,13). The van der Waals surface area contributed by atoms with Gasteiger partial charge in [0.15, 0.2) is 11.6 Å². The molecule has 0 aromatic carbocycles. The lowest BCUT2D eigenvalue weighted by molar-refractivity contribution is 0.0644. The van der Waals surface area contributed by atoms with E-state index in [1.807, 2.05) is 0 Å². The first-order valence-electron chi connectivity index (χ1n) is 5.56. The number of oxime groups is 1. The third-order valence-corrected chi connectivity index (χ3v) is 2.95. The van der Waals surface area contributed by atoms with E-state index in [9.17, 15) is 4.79 Å². The average molecular weight is 237 g/mol. The largest absolute Gasteiger partial charge is 0.459 e. The second-order valence-electron chi connectivity index (χ2n) is 4.01. The van der Waals surface area contributed by atoms with Crippen LogP contribution in [0.4, 0.5) is 0 Å². The number of amidine groups is 1. The van der Waals surface area contributed by atoms with Crippen molar-refractivity contribution in [3.63, 3.8) is 0 Å². The van der Waals surface area contributed by atoms with E-state index in [1.165, 1.54) is 6.26 Å². The summed E-state index contributed by atoms with van der Waals surface area (Å²) in [7, 11) is 0. The van der Waals surface area contributed by atoms with E-state index in [0.29, 0.717) is 13.0 Å². The minimum absolute atomic E-state index is 0.0737. The lowest BCUT2D eigenvalue weighted by atomic mass is 10.0. The minimum Gasteiger partial charge on any atom is -0.459 e. The molecule has 1 aromatic heterocycles. The van der Waals surface area contributed by atoms with Crippen molar-refractivity contribution in [2.45, 2.75) is 25.3 Å². The van der Waals surface area contributed by atoms with Crippen LogP contribution in [0, 0.1) is 0 Å². The van der Waals surface area contributed by atoms with Gasteiger partial charge >= 0.3 is 0 Å². The van der Waals surface area contributed by atoms with Gasteiger partial charge in [0.2, 0.25) is 0 Å². The van der Waals surface area contributed by atoms with E-state index >= 15 is 0 Å². The highest BCUT2D eigenvalue weighted by Gasteiger charge is 2.31. The molecule has 6 nitrogen and oxygen atoms in total. The van der Waals surface area contributed by atoms with Crippen molar-refractivity contribution in [2.24, 2.45) is 10.9 Å². The maximum atomic E-state index is 12.1. The van der Waals surface area contributed by atoms with E-state index in [1.54, 1.807) is 17.0 Å². The molecule has 1 aromatic rings. The molecule has 0 aliphatic carbocycles. The summed E-state index contributed by atoms with van der Waals surface area (Å²) in [5, 5.41) is 11.7. The van der Waals surface area contributed by atoms with Crippen molar-refractivity contribution in [3.05, 3.63) is 24.2 Å². The van der Waals surface area contributed by atoms with Crippen LogP contribution in [0.5, 0.6) is 0 Å². The molecule has 17 heavy (non-hydrogen) atoms. The number of rotatable bonds is 2. The van der Waals surface area contributed by atoms with Crippen molar-refractivity contribution < 1.29 is 14.4 Å². The molecular formula is C11H15N3O3. The van der Waals surface area contributed by atoms with Crippen LogP contribution in [0.3, 0.4) is 0 Å². The lowest BCUT2D eigenvalue weighted by Gasteiger charge is -2.34. The molecule has 1 fully saturated rings. The Labute approximate surface area is 98.7 Å². The van der Waals surface area contributed by atoms with Crippen LogP contribution in [0.1, 0.15) is 29.8 Å². The zero-order valence-electron chi connectivity index (χ0n) is 9.37. The van der Waals surface area contributed by atoms with Gasteiger partial charge in [-0.1, -0.05) is 5.16 Å². The highest BCUT2D eigenvalue weighted by Crippen LogP contribution is 2.20. The minimum atomic E-state index is -0.341. The Morgan fingerprint density at radius 1 is 1.59 bits per heavy atom. The Morgan fingerprint density at radius 2 is 2.41 bits per heavy atom. The van der Waals surface area contributed by atoms with Gasteiger partial charge in [-0.05, 0) is 31.4 Å². The Bertz CT molecular complexity index is 414. The van der Waals surface area contributed by atoms with E-state index in [4.69, 9.17) is 15.4 Å². The Hall–Kier alpha value is -1.98. The lowest BCUT2D eigenvalue weighted by Crippen LogP contribution is -2.50. The molecule has 1 amide bonds. The molecule has 1 aliphatic heterocycles. The summed E-state index contributed by atoms with van der Waals surface area (Å²) < 4.78 is 5.08. The first-order chi connectivity index (χ1) is 8.24. The predicted octanol–water partition coefficient (Wildman–Crippen LogP) is 1.02. The second kappa shape index (κ2) is 4.90. The van der Waals surface area contributed by atoms with Gasteiger partial charge in [0.05, 0.1) is 12.3 Å². The first kappa shape index (κ1) is 11.5. The van der Waals surface area contributed by atoms with Gasteiger partial charge in [0.1, 0.15) is 0 Å². The zero-order chi connectivity index (χ0) is 12.3.